The van der Waals surface area contributed by atoms with Gasteiger partial charge in [-0.15, -0.1) is 0 Å². The molecule has 0 spiro atoms. The molecule has 0 saturated heterocycles. The van der Waals surface area contributed by atoms with Crippen LogP contribution in [0, 0.1) is 0 Å². The Hall–Kier alpha value is -2.20. The van der Waals surface area contributed by atoms with Gasteiger partial charge in [0.1, 0.15) is 5.65 Å². The number of H-pyrrole nitrogens is 1. The van der Waals surface area contributed by atoms with Crippen LogP contribution in [0.2, 0.25) is 0 Å². The lowest BCUT2D eigenvalue weighted by Crippen LogP contribution is -2.17. The summed E-state index contributed by atoms with van der Waals surface area (Å²) in [5, 5.41) is 4.68. The number of nitrogens with zero attached hydrogens (tertiary/aromatic N) is 2. The van der Waals surface area contributed by atoms with Crippen molar-refractivity contribution in [2.75, 3.05) is 0 Å². The first-order chi connectivity index (χ1) is 9.34. The summed E-state index contributed by atoms with van der Waals surface area (Å²) in [6.45, 7) is 2.95. The Kier molecular flexibility index (Phi) is 3.25. The fourth-order valence-corrected chi connectivity index (χ4v) is 2.17. The third-order valence-corrected chi connectivity index (χ3v) is 3.32. The summed E-state index contributed by atoms with van der Waals surface area (Å²) in [6.07, 6.45) is 7.50. The van der Waals surface area contributed by atoms with Crippen LogP contribution in [0.4, 0.5) is 0 Å². The van der Waals surface area contributed by atoms with Crippen molar-refractivity contribution >= 4 is 11.0 Å². The van der Waals surface area contributed by atoms with Crippen molar-refractivity contribution in [1.29, 1.82) is 0 Å². The quantitative estimate of drug-likeness (QED) is 0.750. The fourth-order valence-electron chi connectivity index (χ4n) is 2.17. The van der Waals surface area contributed by atoms with E-state index in [2.05, 4.69) is 39.3 Å². The SMILES string of the molecule is C[C@H](NCc1c[nH]c2ncccc12)c1cccnc1. The highest BCUT2D eigenvalue weighted by atomic mass is 14.9. The molecule has 0 aliphatic rings. The maximum Gasteiger partial charge on any atom is 0.137 e. The van der Waals surface area contributed by atoms with E-state index in [0.29, 0.717) is 0 Å². The number of aromatic nitrogens is 3. The van der Waals surface area contributed by atoms with Crippen molar-refractivity contribution in [2.45, 2.75) is 19.5 Å². The Morgan fingerprint density at radius 1 is 1.26 bits per heavy atom. The fraction of sp³-hybridized carbons (Fsp3) is 0.200. The average Bonchev–Trinajstić information content (AvgIpc) is 2.89. The van der Waals surface area contributed by atoms with Crippen molar-refractivity contribution in [2.24, 2.45) is 0 Å². The van der Waals surface area contributed by atoms with Gasteiger partial charge in [0.2, 0.25) is 0 Å². The highest BCUT2D eigenvalue weighted by molar-refractivity contribution is 5.79. The number of hydrogen-bond donors (Lipinski definition) is 2. The van der Waals surface area contributed by atoms with Crippen molar-refractivity contribution in [1.82, 2.24) is 20.3 Å². The molecule has 3 aromatic rings. The van der Waals surface area contributed by atoms with Crippen LogP contribution in [-0.4, -0.2) is 15.0 Å². The summed E-state index contributed by atoms with van der Waals surface area (Å²) >= 11 is 0. The van der Waals surface area contributed by atoms with E-state index in [-0.39, 0.29) is 6.04 Å². The molecule has 4 heteroatoms. The number of aromatic amines is 1. The van der Waals surface area contributed by atoms with Crippen LogP contribution >= 0.6 is 0 Å². The summed E-state index contributed by atoms with van der Waals surface area (Å²) in [6, 6.07) is 8.37. The molecule has 0 amide bonds. The summed E-state index contributed by atoms with van der Waals surface area (Å²) < 4.78 is 0. The number of pyridine rings is 2. The van der Waals surface area contributed by atoms with E-state index in [4.69, 9.17) is 0 Å². The number of fused-ring (bicyclic) bond motifs is 1. The van der Waals surface area contributed by atoms with Crippen molar-refractivity contribution in [3.63, 3.8) is 0 Å². The van der Waals surface area contributed by atoms with Gasteiger partial charge in [0, 0.05) is 42.8 Å². The zero-order valence-electron chi connectivity index (χ0n) is 10.8. The standard InChI is InChI=1S/C15H16N4/c1-11(12-4-2-6-16-8-12)18-9-13-10-19-15-14(13)5-3-7-17-15/h2-8,10-11,18H,9H2,1H3,(H,17,19)/t11-/m0/s1. The third kappa shape index (κ3) is 2.48. The van der Waals surface area contributed by atoms with Gasteiger partial charge in [0.25, 0.3) is 0 Å². The Morgan fingerprint density at radius 3 is 3.00 bits per heavy atom. The van der Waals surface area contributed by atoms with Crippen LogP contribution in [0.15, 0.2) is 49.1 Å². The number of rotatable bonds is 4. The van der Waals surface area contributed by atoms with E-state index in [1.165, 1.54) is 16.5 Å². The molecule has 96 valence electrons. The Balaban J connectivity index is 1.73. The number of hydrogen-bond acceptors (Lipinski definition) is 3. The highest BCUT2D eigenvalue weighted by Crippen LogP contribution is 2.17. The third-order valence-electron chi connectivity index (χ3n) is 3.32. The van der Waals surface area contributed by atoms with E-state index in [0.717, 1.165) is 12.2 Å². The van der Waals surface area contributed by atoms with Crippen LogP contribution in [-0.2, 0) is 6.54 Å². The average molecular weight is 252 g/mol. The van der Waals surface area contributed by atoms with Gasteiger partial charge < -0.3 is 10.3 Å². The molecule has 0 bridgehead atoms. The minimum absolute atomic E-state index is 0.273. The summed E-state index contributed by atoms with van der Waals surface area (Å²) in [5.74, 6) is 0. The summed E-state index contributed by atoms with van der Waals surface area (Å²) in [7, 11) is 0. The summed E-state index contributed by atoms with van der Waals surface area (Å²) in [4.78, 5) is 11.6. The van der Waals surface area contributed by atoms with Gasteiger partial charge >= 0.3 is 0 Å². The maximum atomic E-state index is 4.29. The van der Waals surface area contributed by atoms with E-state index in [9.17, 15) is 0 Å². The van der Waals surface area contributed by atoms with Gasteiger partial charge in [-0.3, -0.25) is 4.98 Å². The molecule has 0 aliphatic carbocycles. The molecule has 0 fully saturated rings. The van der Waals surface area contributed by atoms with Crippen LogP contribution < -0.4 is 5.32 Å². The van der Waals surface area contributed by atoms with E-state index in [1.807, 2.05) is 24.5 Å². The zero-order chi connectivity index (χ0) is 13.1. The predicted molar refractivity (Wildman–Crippen MR) is 75.6 cm³/mol. The predicted octanol–water partition coefficient (Wildman–Crippen LogP) is 2.81. The molecule has 0 unspecified atom stereocenters. The first-order valence-corrected chi connectivity index (χ1v) is 6.39. The minimum Gasteiger partial charge on any atom is -0.346 e. The topological polar surface area (TPSA) is 53.6 Å². The minimum atomic E-state index is 0.273. The van der Waals surface area contributed by atoms with Crippen LogP contribution in [0.25, 0.3) is 11.0 Å². The lowest BCUT2D eigenvalue weighted by molar-refractivity contribution is 0.575. The van der Waals surface area contributed by atoms with E-state index in [1.54, 1.807) is 12.4 Å². The lowest BCUT2D eigenvalue weighted by Gasteiger charge is -2.13. The molecule has 0 aliphatic heterocycles. The Morgan fingerprint density at radius 2 is 2.16 bits per heavy atom. The first-order valence-electron chi connectivity index (χ1n) is 6.39. The highest BCUT2D eigenvalue weighted by Gasteiger charge is 2.07. The van der Waals surface area contributed by atoms with Crippen LogP contribution in [0.1, 0.15) is 24.1 Å². The maximum absolute atomic E-state index is 4.29. The molecule has 0 saturated carbocycles. The molecule has 1 atom stereocenters. The molecular formula is C15H16N4. The second-order valence-electron chi connectivity index (χ2n) is 4.60. The molecule has 3 rings (SSSR count). The van der Waals surface area contributed by atoms with Gasteiger partial charge in [0.15, 0.2) is 0 Å². The second-order valence-corrected chi connectivity index (χ2v) is 4.60. The van der Waals surface area contributed by atoms with Crippen molar-refractivity contribution in [3.8, 4) is 0 Å². The van der Waals surface area contributed by atoms with Crippen molar-refractivity contribution in [3.05, 3.63) is 60.2 Å². The zero-order valence-corrected chi connectivity index (χ0v) is 10.8. The molecule has 3 heterocycles. The van der Waals surface area contributed by atoms with Gasteiger partial charge in [-0.05, 0) is 36.2 Å². The van der Waals surface area contributed by atoms with E-state index >= 15 is 0 Å². The Bertz CT molecular complexity index is 660. The van der Waals surface area contributed by atoms with Crippen LogP contribution in [0.5, 0.6) is 0 Å². The van der Waals surface area contributed by atoms with E-state index < -0.39 is 0 Å². The molecule has 0 aromatic carbocycles. The largest absolute Gasteiger partial charge is 0.346 e. The van der Waals surface area contributed by atoms with Crippen molar-refractivity contribution < 1.29 is 0 Å². The molecule has 19 heavy (non-hydrogen) atoms. The van der Waals surface area contributed by atoms with Gasteiger partial charge in [-0.1, -0.05) is 6.07 Å². The molecule has 0 radical (unpaired) electrons. The van der Waals surface area contributed by atoms with Crippen LogP contribution in [0.3, 0.4) is 0 Å². The smallest absolute Gasteiger partial charge is 0.137 e. The Labute approximate surface area is 111 Å². The molecule has 2 N–H and O–H groups in total. The summed E-state index contributed by atoms with van der Waals surface area (Å²) in [5.41, 5.74) is 3.37. The molecule has 3 aromatic heterocycles. The van der Waals surface area contributed by atoms with Gasteiger partial charge in [-0.2, -0.15) is 0 Å². The van der Waals surface area contributed by atoms with Gasteiger partial charge in [-0.25, -0.2) is 4.98 Å². The number of nitrogens with one attached hydrogen (secondary N) is 2. The first kappa shape index (κ1) is 11.9. The second kappa shape index (κ2) is 5.20. The molecule has 4 nitrogen and oxygen atoms in total. The lowest BCUT2D eigenvalue weighted by atomic mass is 10.1. The van der Waals surface area contributed by atoms with Gasteiger partial charge in [0.05, 0.1) is 0 Å². The molecular weight excluding hydrogens is 236 g/mol. The normalized spacial score (nSPS) is 12.7. The monoisotopic (exact) mass is 252 g/mol.